The van der Waals surface area contributed by atoms with Crippen LogP contribution in [0.1, 0.15) is 18.6 Å². The zero-order chi connectivity index (χ0) is 18.1. The van der Waals surface area contributed by atoms with Gasteiger partial charge in [-0.2, -0.15) is 0 Å². The molecule has 4 rings (SSSR count). The molecule has 7 heteroatoms. The Bertz CT molecular complexity index is 1000. The highest BCUT2D eigenvalue weighted by atomic mass is 35.5. The lowest BCUT2D eigenvalue weighted by Crippen LogP contribution is -2.31. The summed E-state index contributed by atoms with van der Waals surface area (Å²) in [5, 5.41) is 12.8. The summed E-state index contributed by atoms with van der Waals surface area (Å²) in [6, 6.07) is 10.6. The molecule has 0 spiro atoms. The molecule has 6 nitrogen and oxygen atoms in total. The molecule has 0 unspecified atom stereocenters. The molecule has 26 heavy (non-hydrogen) atoms. The lowest BCUT2D eigenvalue weighted by Gasteiger charge is -2.28. The van der Waals surface area contributed by atoms with Crippen LogP contribution < -0.4 is 4.90 Å². The van der Waals surface area contributed by atoms with Crippen molar-refractivity contribution in [2.75, 3.05) is 18.0 Å². The van der Waals surface area contributed by atoms with E-state index in [2.05, 4.69) is 11.1 Å². The molecule has 1 aliphatic heterocycles. The fourth-order valence-electron chi connectivity index (χ4n) is 3.23. The zero-order valence-corrected chi connectivity index (χ0v) is 14.6. The number of aromatic nitrogens is 1. The Labute approximate surface area is 154 Å². The second-order valence-corrected chi connectivity index (χ2v) is 6.66. The Balaban J connectivity index is 1.51. The van der Waals surface area contributed by atoms with Gasteiger partial charge in [0.05, 0.1) is 4.92 Å². The summed E-state index contributed by atoms with van der Waals surface area (Å²) in [6.45, 7) is 1.38. The number of anilines is 1. The predicted molar refractivity (Wildman–Crippen MR) is 102 cm³/mol. The minimum atomic E-state index is -0.382. The molecule has 1 saturated heterocycles. The number of furan rings is 1. The quantitative estimate of drug-likeness (QED) is 0.476. The van der Waals surface area contributed by atoms with E-state index < -0.39 is 0 Å². The van der Waals surface area contributed by atoms with E-state index in [1.165, 1.54) is 11.6 Å². The lowest BCUT2D eigenvalue weighted by molar-refractivity contribution is -0.384. The standard InChI is InChI=1S/C19H16ClN3O3/c20-15-3-4-18-14(11-15)12-16(26-18)10-13-5-8-22(9-6-13)19-17(23(24)25)2-1-7-21-19/h1-4,7,10-12H,5-6,8-9H2. The Hall–Kier alpha value is -2.86. The smallest absolute Gasteiger partial charge is 0.311 e. The molecule has 3 aromatic rings. The number of hydrogen-bond donors (Lipinski definition) is 0. The molecule has 132 valence electrons. The molecule has 0 saturated carbocycles. The average Bonchev–Trinajstić information content (AvgIpc) is 3.03. The summed E-state index contributed by atoms with van der Waals surface area (Å²) in [6.07, 6.45) is 5.27. The third-order valence-electron chi connectivity index (χ3n) is 4.51. The van der Waals surface area contributed by atoms with Gasteiger partial charge in [0.2, 0.25) is 5.82 Å². The van der Waals surface area contributed by atoms with Crippen molar-refractivity contribution in [1.29, 1.82) is 0 Å². The zero-order valence-electron chi connectivity index (χ0n) is 13.9. The second-order valence-electron chi connectivity index (χ2n) is 6.22. The van der Waals surface area contributed by atoms with Crippen LogP contribution in [-0.2, 0) is 0 Å². The van der Waals surface area contributed by atoms with E-state index in [-0.39, 0.29) is 10.6 Å². The summed E-state index contributed by atoms with van der Waals surface area (Å²) in [5.41, 5.74) is 2.11. The van der Waals surface area contributed by atoms with E-state index in [1.807, 2.05) is 29.2 Å². The van der Waals surface area contributed by atoms with E-state index in [4.69, 9.17) is 16.0 Å². The topological polar surface area (TPSA) is 72.4 Å². The van der Waals surface area contributed by atoms with Crippen molar-refractivity contribution in [2.45, 2.75) is 12.8 Å². The molecule has 0 radical (unpaired) electrons. The summed E-state index contributed by atoms with van der Waals surface area (Å²) in [5.74, 6) is 1.24. The Morgan fingerprint density at radius 3 is 2.81 bits per heavy atom. The molecule has 1 fully saturated rings. The van der Waals surface area contributed by atoms with Crippen molar-refractivity contribution < 1.29 is 9.34 Å². The molecule has 0 N–H and O–H groups in total. The number of nitrogens with zero attached hydrogens (tertiary/aromatic N) is 3. The summed E-state index contributed by atoms with van der Waals surface area (Å²) in [4.78, 5) is 17.0. The molecule has 0 bridgehead atoms. The number of hydrogen-bond acceptors (Lipinski definition) is 5. The van der Waals surface area contributed by atoms with Crippen LogP contribution in [0.15, 0.2) is 52.6 Å². The Morgan fingerprint density at radius 1 is 1.23 bits per heavy atom. The summed E-state index contributed by atoms with van der Waals surface area (Å²) >= 11 is 6.01. The monoisotopic (exact) mass is 369 g/mol. The van der Waals surface area contributed by atoms with Crippen molar-refractivity contribution in [1.82, 2.24) is 4.98 Å². The van der Waals surface area contributed by atoms with Crippen molar-refractivity contribution >= 4 is 40.2 Å². The van der Waals surface area contributed by atoms with Gasteiger partial charge in [-0.15, -0.1) is 0 Å². The van der Waals surface area contributed by atoms with Gasteiger partial charge in [-0.3, -0.25) is 10.1 Å². The van der Waals surface area contributed by atoms with Gasteiger partial charge in [-0.05, 0) is 49.2 Å². The lowest BCUT2D eigenvalue weighted by atomic mass is 10.0. The molecule has 0 amide bonds. The largest absolute Gasteiger partial charge is 0.457 e. The van der Waals surface area contributed by atoms with Crippen LogP contribution >= 0.6 is 11.6 Å². The van der Waals surface area contributed by atoms with Crippen molar-refractivity contribution in [3.05, 3.63) is 69.1 Å². The third-order valence-corrected chi connectivity index (χ3v) is 4.75. The van der Waals surface area contributed by atoms with Crippen LogP contribution in [0, 0.1) is 10.1 Å². The molecule has 0 aliphatic carbocycles. The van der Waals surface area contributed by atoms with Gasteiger partial charge in [0.1, 0.15) is 11.3 Å². The van der Waals surface area contributed by atoms with Gasteiger partial charge in [0.15, 0.2) is 0 Å². The fraction of sp³-hybridized carbons (Fsp3) is 0.211. The Morgan fingerprint density at radius 2 is 2.04 bits per heavy atom. The molecule has 3 heterocycles. The minimum Gasteiger partial charge on any atom is -0.457 e. The number of nitro groups is 1. The number of halogens is 1. The maximum atomic E-state index is 11.2. The van der Waals surface area contributed by atoms with Gasteiger partial charge in [0, 0.05) is 35.8 Å². The van der Waals surface area contributed by atoms with Gasteiger partial charge in [-0.1, -0.05) is 17.2 Å². The van der Waals surface area contributed by atoms with Crippen molar-refractivity contribution in [3.63, 3.8) is 0 Å². The second kappa shape index (κ2) is 6.80. The average molecular weight is 370 g/mol. The van der Waals surface area contributed by atoms with E-state index in [0.29, 0.717) is 23.9 Å². The number of piperidine rings is 1. The molecular weight excluding hydrogens is 354 g/mol. The first kappa shape index (κ1) is 16.6. The van der Waals surface area contributed by atoms with Crippen molar-refractivity contribution in [2.24, 2.45) is 0 Å². The third kappa shape index (κ3) is 3.28. The van der Waals surface area contributed by atoms with Crippen LogP contribution in [0.4, 0.5) is 11.5 Å². The van der Waals surface area contributed by atoms with E-state index in [9.17, 15) is 10.1 Å². The molecule has 1 aliphatic rings. The maximum absolute atomic E-state index is 11.2. The number of rotatable bonds is 3. The fourth-order valence-corrected chi connectivity index (χ4v) is 3.41. The van der Waals surface area contributed by atoms with Gasteiger partial charge < -0.3 is 9.32 Å². The van der Waals surface area contributed by atoms with Crippen LogP contribution in [0.25, 0.3) is 17.0 Å². The first-order valence-corrected chi connectivity index (χ1v) is 8.71. The van der Waals surface area contributed by atoms with Crippen LogP contribution in [-0.4, -0.2) is 23.0 Å². The van der Waals surface area contributed by atoms with Gasteiger partial charge >= 0.3 is 5.69 Å². The SMILES string of the molecule is O=[N+]([O-])c1cccnc1N1CCC(=Cc2cc3cc(Cl)ccc3o2)CC1. The van der Waals surface area contributed by atoms with E-state index in [1.54, 1.807) is 12.3 Å². The number of pyridine rings is 1. The first-order chi connectivity index (χ1) is 12.6. The van der Waals surface area contributed by atoms with Crippen LogP contribution in [0.2, 0.25) is 5.02 Å². The highest BCUT2D eigenvalue weighted by Gasteiger charge is 2.23. The number of benzene rings is 1. The molecule has 1 aromatic carbocycles. The first-order valence-electron chi connectivity index (χ1n) is 8.33. The minimum absolute atomic E-state index is 0.0501. The normalized spacial score (nSPS) is 14.7. The van der Waals surface area contributed by atoms with Crippen molar-refractivity contribution in [3.8, 4) is 0 Å². The van der Waals surface area contributed by atoms with Gasteiger partial charge in [0.25, 0.3) is 0 Å². The number of fused-ring (bicyclic) bond motifs is 1. The highest BCUT2D eigenvalue weighted by molar-refractivity contribution is 6.31. The Kier molecular flexibility index (Phi) is 4.34. The molecule has 0 atom stereocenters. The molecular formula is C19H16ClN3O3. The van der Waals surface area contributed by atoms with E-state index in [0.717, 1.165) is 29.6 Å². The maximum Gasteiger partial charge on any atom is 0.311 e. The van der Waals surface area contributed by atoms with Crippen LogP contribution in [0.3, 0.4) is 0 Å². The van der Waals surface area contributed by atoms with Gasteiger partial charge in [-0.25, -0.2) is 4.98 Å². The molecule has 2 aromatic heterocycles. The summed E-state index contributed by atoms with van der Waals surface area (Å²) in [7, 11) is 0. The van der Waals surface area contributed by atoms with Crippen LogP contribution in [0.5, 0.6) is 0 Å². The van der Waals surface area contributed by atoms with E-state index >= 15 is 0 Å². The predicted octanol–water partition coefficient (Wildman–Crippen LogP) is 5.07. The highest BCUT2D eigenvalue weighted by Crippen LogP contribution is 2.30. The summed E-state index contributed by atoms with van der Waals surface area (Å²) < 4.78 is 5.84.